The van der Waals surface area contributed by atoms with E-state index < -0.39 is 0 Å². The van der Waals surface area contributed by atoms with Gasteiger partial charge >= 0.3 is 0 Å². The Morgan fingerprint density at radius 1 is 1.11 bits per heavy atom. The maximum absolute atomic E-state index is 12.3. The number of nitriles is 1. The molecule has 0 aliphatic heterocycles. The Morgan fingerprint density at radius 2 is 1.89 bits per heavy atom. The predicted octanol–water partition coefficient (Wildman–Crippen LogP) is 4.96. The second-order valence-electron chi connectivity index (χ2n) is 5.90. The van der Waals surface area contributed by atoms with Crippen LogP contribution in [0.25, 0.3) is 21.3 Å². The van der Waals surface area contributed by atoms with Crippen LogP contribution in [0.5, 0.6) is 0 Å². The number of aromatic nitrogens is 2. The zero-order valence-electron chi connectivity index (χ0n) is 14.6. The first kappa shape index (κ1) is 18.2. The smallest absolute Gasteiger partial charge is 0.234 e. The van der Waals surface area contributed by atoms with E-state index in [1.54, 1.807) is 35.6 Å². The summed E-state index contributed by atoms with van der Waals surface area (Å²) >= 11 is 2.96. The van der Waals surface area contributed by atoms with E-state index >= 15 is 0 Å². The molecule has 1 amide bonds. The highest BCUT2D eigenvalue weighted by molar-refractivity contribution is 8.00. The van der Waals surface area contributed by atoms with Crippen molar-refractivity contribution in [3.05, 3.63) is 71.9 Å². The van der Waals surface area contributed by atoms with Gasteiger partial charge in [-0.05, 0) is 29.8 Å². The zero-order valence-corrected chi connectivity index (χ0v) is 16.3. The summed E-state index contributed by atoms with van der Waals surface area (Å²) in [5, 5.41) is 15.5. The fourth-order valence-electron chi connectivity index (χ4n) is 2.75. The summed E-state index contributed by atoms with van der Waals surface area (Å²) in [4.78, 5) is 22.0. The Balaban J connectivity index is 1.52. The molecule has 1 N–H and O–H groups in total. The Hall–Kier alpha value is -3.21. The predicted molar refractivity (Wildman–Crippen MR) is 113 cm³/mol. The Morgan fingerprint density at radius 3 is 2.64 bits per heavy atom. The minimum absolute atomic E-state index is 0.127. The molecule has 0 spiro atoms. The van der Waals surface area contributed by atoms with Crippen molar-refractivity contribution >= 4 is 44.9 Å². The SMILES string of the molecule is N#Cc1ccc(NC(=O)CSc2ncnc3scc(-c4ccccc4)c23)cc1. The lowest BCUT2D eigenvalue weighted by Gasteiger charge is -2.07. The molecular formula is C21H14N4OS2. The topological polar surface area (TPSA) is 78.7 Å². The Labute approximate surface area is 170 Å². The standard InChI is InChI=1S/C21H14N4OS2/c22-10-14-6-8-16(9-7-14)25-18(26)12-28-21-19-17(15-4-2-1-3-5-15)11-27-20(19)23-13-24-21/h1-9,11,13H,12H2,(H,25,26). The number of rotatable bonds is 5. The number of amides is 1. The van der Waals surface area contributed by atoms with Crippen LogP contribution in [0.15, 0.2) is 71.3 Å². The van der Waals surface area contributed by atoms with Crippen molar-refractivity contribution in [3.8, 4) is 17.2 Å². The van der Waals surface area contributed by atoms with Gasteiger partial charge in [-0.25, -0.2) is 9.97 Å². The molecule has 7 heteroatoms. The quantitative estimate of drug-likeness (QED) is 0.377. The largest absolute Gasteiger partial charge is 0.325 e. The molecule has 2 aromatic heterocycles. The lowest BCUT2D eigenvalue weighted by molar-refractivity contribution is -0.113. The number of carbonyl (C=O) groups is 1. The number of carbonyl (C=O) groups excluding carboxylic acids is 1. The summed E-state index contributed by atoms with van der Waals surface area (Å²) in [7, 11) is 0. The molecule has 0 unspecified atom stereocenters. The van der Waals surface area contributed by atoms with Crippen LogP contribution in [-0.4, -0.2) is 21.6 Å². The number of nitrogens with one attached hydrogen (secondary N) is 1. The summed E-state index contributed by atoms with van der Waals surface area (Å²) in [6.07, 6.45) is 1.54. The van der Waals surface area contributed by atoms with Crippen LogP contribution in [0.2, 0.25) is 0 Å². The van der Waals surface area contributed by atoms with Crippen LogP contribution in [0.3, 0.4) is 0 Å². The Bertz CT molecular complexity index is 1160. The monoisotopic (exact) mass is 402 g/mol. The van der Waals surface area contributed by atoms with Gasteiger partial charge in [0.1, 0.15) is 16.2 Å². The van der Waals surface area contributed by atoms with Gasteiger partial charge in [-0.2, -0.15) is 5.26 Å². The number of anilines is 1. The fourth-order valence-corrected chi connectivity index (χ4v) is 4.54. The highest BCUT2D eigenvalue weighted by Crippen LogP contribution is 2.37. The van der Waals surface area contributed by atoms with E-state index in [1.165, 1.54) is 18.1 Å². The highest BCUT2D eigenvalue weighted by Gasteiger charge is 2.14. The van der Waals surface area contributed by atoms with Crippen LogP contribution >= 0.6 is 23.1 Å². The van der Waals surface area contributed by atoms with Crippen molar-refractivity contribution in [1.29, 1.82) is 5.26 Å². The molecule has 0 saturated carbocycles. The van der Waals surface area contributed by atoms with Gasteiger partial charge in [-0.15, -0.1) is 11.3 Å². The van der Waals surface area contributed by atoms with E-state index in [0.717, 1.165) is 26.4 Å². The van der Waals surface area contributed by atoms with E-state index in [2.05, 4.69) is 38.9 Å². The first-order valence-electron chi connectivity index (χ1n) is 8.45. The van der Waals surface area contributed by atoms with Gasteiger partial charge in [0, 0.05) is 16.6 Å². The molecule has 0 bridgehead atoms. The number of nitrogens with zero attached hydrogens (tertiary/aromatic N) is 3. The third-order valence-corrected chi connectivity index (χ3v) is 5.93. The number of hydrogen-bond donors (Lipinski definition) is 1. The van der Waals surface area contributed by atoms with E-state index in [0.29, 0.717) is 11.3 Å². The van der Waals surface area contributed by atoms with Gasteiger partial charge < -0.3 is 5.32 Å². The number of hydrogen-bond acceptors (Lipinski definition) is 6. The van der Waals surface area contributed by atoms with Crippen molar-refractivity contribution in [1.82, 2.24) is 9.97 Å². The van der Waals surface area contributed by atoms with Gasteiger partial charge in [0.05, 0.1) is 22.8 Å². The molecule has 136 valence electrons. The van der Waals surface area contributed by atoms with Crippen molar-refractivity contribution < 1.29 is 4.79 Å². The molecule has 0 atom stereocenters. The van der Waals surface area contributed by atoms with Crippen LogP contribution in [0.4, 0.5) is 5.69 Å². The van der Waals surface area contributed by atoms with Gasteiger partial charge in [-0.3, -0.25) is 4.79 Å². The van der Waals surface area contributed by atoms with E-state index in [1.807, 2.05) is 18.2 Å². The molecule has 0 radical (unpaired) electrons. The average Bonchev–Trinajstić information content (AvgIpc) is 3.18. The fraction of sp³-hybridized carbons (Fsp3) is 0.0476. The van der Waals surface area contributed by atoms with E-state index in [4.69, 9.17) is 5.26 Å². The molecule has 0 aliphatic rings. The first-order valence-corrected chi connectivity index (χ1v) is 10.3. The molecule has 5 nitrogen and oxygen atoms in total. The van der Waals surface area contributed by atoms with E-state index in [-0.39, 0.29) is 11.7 Å². The van der Waals surface area contributed by atoms with Crippen LogP contribution < -0.4 is 5.32 Å². The van der Waals surface area contributed by atoms with Crippen LogP contribution in [-0.2, 0) is 4.79 Å². The second-order valence-corrected chi connectivity index (χ2v) is 7.72. The number of thiophene rings is 1. The Kier molecular flexibility index (Phi) is 5.33. The third-order valence-electron chi connectivity index (χ3n) is 4.06. The van der Waals surface area contributed by atoms with Crippen LogP contribution in [0.1, 0.15) is 5.56 Å². The zero-order chi connectivity index (χ0) is 19.3. The van der Waals surface area contributed by atoms with Gasteiger partial charge in [-0.1, -0.05) is 42.1 Å². The number of fused-ring (bicyclic) bond motifs is 1. The summed E-state index contributed by atoms with van der Waals surface area (Å²) < 4.78 is 0. The molecule has 28 heavy (non-hydrogen) atoms. The molecule has 4 aromatic rings. The van der Waals surface area contributed by atoms with Gasteiger partial charge in [0.2, 0.25) is 5.91 Å². The number of benzene rings is 2. The first-order chi connectivity index (χ1) is 13.7. The molecule has 4 rings (SSSR count). The molecule has 2 aromatic carbocycles. The normalized spacial score (nSPS) is 10.5. The second kappa shape index (κ2) is 8.21. The molecule has 0 saturated heterocycles. The van der Waals surface area contributed by atoms with Gasteiger partial charge in [0.15, 0.2) is 0 Å². The van der Waals surface area contributed by atoms with Crippen LogP contribution in [0, 0.1) is 11.3 Å². The van der Waals surface area contributed by atoms with Crippen molar-refractivity contribution in [3.63, 3.8) is 0 Å². The minimum atomic E-state index is -0.127. The average molecular weight is 403 g/mol. The van der Waals surface area contributed by atoms with Crippen molar-refractivity contribution in [2.24, 2.45) is 0 Å². The number of thioether (sulfide) groups is 1. The summed E-state index contributed by atoms with van der Waals surface area (Å²) in [6, 6.07) is 18.9. The third kappa shape index (κ3) is 3.88. The lowest BCUT2D eigenvalue weighted by Crippen LogP contribution is -2.14. The molecule has 0 fully saturated rings. The van der Waals surface area contributed by atoms with Crippen molar-refractivity contribution in [2.45, 2.75) is 5.03 Å². The highest BCUT2D eigenvalue weighted by atomic mass is 32.2. The van der Waals surface area contributed by atoms with Crippen molar-refractivity contribution in [2.75, 3.05) is 11.1 Å². The summed E-state index contributed by atoms with van der Waals surface area (Å²) in [5.74, 6) is 0.105. The maximum atomic E-state index is 12.3. The molecular weight excluding hydrogens is 388 g/mol. The van der Waals surface area contributed by atoms with Gasteiger partial charge in [0.25, 0.3) is 0 Å². The summed E-state index contributed by atoms with van der Waals surface area (Å²) in [6.45, 7) is 0. The summed E-state index contributed by atoms with van der Waals surface area (Å²) in [5.41, 5.74) is 3.41. The van der Waals surface area contributed by atoms with E-state index in [9.17, 15) is 4.79 Å². The minimum Gasteiger partial charge on any atom is -0.325 e. The lowest BCUT2D eigenvalue weighted by atomic mass is 10.1. The molecule has 0 aliphatic carbocycles. The molecule has 2 heterocycles. The maximum Gasteiger partial charge on any atom is 0.234 e.